The van der Waals surface area contributed by atoms with Crippen LogP contribution in [0.1, 0.15) is 32.7 Å². The molecule has 1 aromatic heterocycles. The topological polar surface area (TPSA) is 111 Å². The highest BCUT2D eigenvalue weighted by atomic mass is 32.2. The van der Waals surface area contributed by atoms with Crippen LogP contribution in [-0.4, -0.2) is 36.2 Å². The van der Waals surface area contributed by atoms with Crippen LogP contribution in [0.4, 0.5) is 6.01 Å². The standard InChI is InChI=1S/C9H18N4O3S/c1-6(10)7-12-13-8(16-7)11-5-9(2,3)17(4,14)15/h6H,5,10H2,1-4H3,(H,11,13). The first kappa shape index (κ1) is 13.9. The second-order valence-corrected chi connectivity index (χ2v) is 7.27. The number of nitrogens with zero attached hydrogens (tertiary/aromatic N) is 2. The van der Waals surface area contributed by atoms with Gasteiger partial charge < -0.3 is 15.5 Å². The van der Waals surface area contributed by atoms with Crippen LogP contribution in [0.25, 0.3) is 0 Å². The SMILES string of the molecule is CC(N)c1nnc(NCC(C)(C)S(C)(=O)=O)o1. The zero-order valence-electron chi connectivity index (χ0n) is 10.4. The third-order valence-corrected chi connectivity index (χ3v) is 4.65. The summed E-state index contributed by atoms with van der Waals surface area (Å²) >= 11 is 0. The summed E-state index contributed by atoms with van der Waals surface area (Å²) in [5.74, 6) is 0.310. The third-order valence-electron chi connectivity index (χ3n) is 2.50. The number of sulfone groups is 1. The van der Waals surface area contributed by atoms with E-state index in [2.05, 4.69) is 15.5 Å². The summed E-state index contributed by atoms with van der Waals surface area (Å²) < 4.78 is 27.2. The predicted molar refractivity (Wildman–Crippen MR) is 64.3 cm³/mol. The quantitative estimate of drug-likeness (QED) is 0.786. The van der Waals surface area contributed by atoms with Gasteiger partial charge in [0.05, 0.1) is 10.8 Å². The van der Waals surface area contributed by atoms with Gasteiger partial charge in [0.25, 0.3) is 0 Å². The summed E-state index contributed by atoms with van der Waals surface area (Å²) in [5.41, 5.74) is 5.56. The van der Waals surface area contributed by atoms with Gasteiger partial charge in [0.2, 0.25) is 5.89 Å². The number of anilines is 1. The molecule has 0 radical (unpaired) electrons. The van der Waals surface area contributed by atoms with Crippen molar-refractivity contribution in [3.8, 4) is 0 Å². The molecule has 1 rings (SSSR count). The number of nitrogens with one attached hydrogen (secondary N) is 1. The van der Waals surface area contributed by atoms with Gasteiger partial charge in [-0.1, -0.05) is 5.10 Å². The van der Waals surface area contributed by atoms with Gasteiger partial charge in [-0.15, -0.1) is 5.10 Å². The maximum Gasteiger partial charge on any atom is 0.315 e. The van der Waals surface area contributed by atoms with Crippen molar-refractivity contribution in [2.75, 3.05) is 18.1 Å². The largest absolute Gasteiger partial charge is 0.406 e. The van der Waals surface area contributed by atoms with E-state index in [-0.39, 0.29) is 18.6 Å². The number of hydrogen-bond donors (Lipinski definition) is 2. The Hall–Kier alpha value is -1.15. The van der Waals surface area contributed by atoms with Gasteiger partial charge in [-0.2, -0.15) is 0 Å². The first-order valence-electron chi connectivity index (χ1n) is 5.16. The molecule has 0 spiro atoms. The fourth-order valence-corrected chi connectivity index (χ4v) is 1.24. The average molecular weight is 262 g/mol. The number of nitrogens with two attached hydrogens (primary N) is 1. The lowest BCUT2D eigenvalue weighted by molar-refractivity contribution is 0.470. The average Bonchev–Trinajstić information content (AvgIpc) is 2.61. The van der Waals surface area contributed by atoms with Crippen LogP contribution in [0.3, 0.4) is 0 Å². The number of rotatable bonds is 5. The summed E-state index contributed by atoms with van der Waals surface area (Å²) in [7, 11) is -3.16. The molecular formula is C9H18N4O3S. The van der Waals surface area contributed by atoms with E-state index in [1.807, 2.05) is 0 Å². The minimum atomic E-state index is -3.16. The van der Waals surface area contributed by atoms with E-state index in [0.717, 1.165) is 0 Å². The summed E-state index contributed by atoms with van der Waals surface area (Å²) in [6, 6.07) is -0.171. The highest BCUT2D eigenvalue weighted by Gasteiger charge is 2.30. The Balaban J connectivity index is 2.68. The molecule has 1 unspecified atom stereocenters. The zero-order chi connectivity index (χ0) is 13.3. The van der Waals surface area contributed by atoms with Crippen LogP contribution in [0, 0.1) is 0 Å². The molecule has 0 aliphatic carbocycles. The van der Waals surface area contributed by atoms with Crippen LogP contribution in [0.15, 0.2) is 4.42 Å². The molecule has 0 aliphatic rings. The van der Waals surface area contributed by atoms with Crippen molar-refractivity contribution in [3.05, 3.63) is 5.89 Å². The van der Waals surface area contributed by atoms with Crippen molar-refractivity contribution in [1.82, 2.24) is 10.2 Å². The molecule has 0 amide bonds. The fourth-order valence-electron chi connectivity index (χ4n) is 0.910. The second-order valence-electron chi connectivity index (χ2n) is 4.62. The van der Waals surface area contributed by atoms with Gasteiger partial charge in [0.15, 0.2) is 9.84 Å². The fraction of sp³-hybridized carbons (Fsp3) is 0.778. The molecule has 7 nitrogen and oxygen atoms in total. The lowest BCUT2D eigenvalue weighted by Crippen LogP contribution is -2.38. The van der Waals surface area contributed by atoms with Gasteiger partial charge >= 0.3 is 6.01 Å². The van der Waals surface area contributed by atoms with Crippen LogP contribution < -0.4 is 11.1 Å². The summed E-state index contributed by atoms with van der Waals surface area (Å²) in [6.07, 6.45) is 1.19. The molecule has 0 saturated carbocycles. The van der Waals surface area contributed by atoms with Gasteiger partial charge in [-0.25, -0.2) is 8.42 Å². The molecule has 0 saturated heterocycles. The lowest BCUT2D eigenvalue weighted by Gasteiger charge is -2.21. The van der Waals surface area contributed by atoms with Gasteiger partial charge in [0.1, 0.15) is 0 Å². The monoisotopic (exact) mass is 262 g/mol. The molecule has 0 fully saturated rings. The van der Waals surface area contributed by atoms with Gasteiger partial charge in [0, 0.05) is 12.8 Å². The molecule has 1 aromatic rings. The summed E-state index contributed by atoms with van der Waals surface area (Å²) in [5, 5.41) is 10.2. The predicted octanol–water partition coefficient (Wildman–Crippen LogP) is 0.324. The molecule has 8 heteroatoms. The first-order chi connectivity index (χ1) is 7.63. The maximum absolute atomic E-state index is 11.5. The molecule has 0 aromatic carbocycles. The Morgan fingerprint density at radius 3 is 2.47 bits per heavy atom. The maximum atomic E-state index is 11.5. The van der Waals surface area contributed by atoms with E-state index in [1.54, 1.807) is 20.8 Å². The minimum Gasteiger partial charge on any atom is -0.406 e. The molecule has 3 N–H and O–H groups in total. The van der Waals surface area contributed by atoms with E-state index in [4.69, 9.17) is 10.2 Å². The number of hydrogen-bond acceptors (Lipinski definition) is 7. The van der Waals surface area contributed by atoms with E-state index in [1.165, 1.54) is 6.26 Å². The molecule has 98 valence electrons. The zero-order valence-corrected chi connectivity index (χ0v) is 11.2. The van der Waals surface area contributed by atoms with Crippen molar-refractivity contribution < 1.29 is 12.8 Å². The molecule has 17 heavy (non-hydrogen) atoms. The molecule has 0 aliphatic heterocycles. The molecule has 1 heterocycles. The summed E-state index contributed by atoms with van der Waals surface area (Å²) in [6.45, 7) is 5.15. The Morgan fingerprint density at radius 1 is 1.47 bits per heavy atom. The van der Waals surface area contributed by atoms with Crippen molar-refractivity contribution >= 4 is 15.9 Å². The van der Waals surface area contributed by atoms with Crippen LogP contribution in [0.2, 0.25) is 0 Å². The van der Waals surface area contributed by atoms with Crippen LogP contribution in [-0.2, 0) is 9.84 Å². The Bertz CT molecular complexity index is 478. The van der Waals surface area contributed by atoms with Gasteiger partial charge in [-0.05, 0) is 20.8 Å². The van der Waals surface area contributed by atoms with E-state index in [9.17, 15) is 8.42 Å². The molecule has 1 atom stereocenters. The normalized spacial score (nSPS) is 14.6. The minimum absolute atomic E-state index is 0.175. The Morgan fingerprint density at radius 2 is 2.06 bits per heavy atom. The van der Waals surface area contributed by atoms with Crippen molar-refractivity contribution in [2.45, 2.75) is 31.6 Å². The second kappa shape index (κ2) is 4.61. The number of aromatic nitrogens is 2. The highest BCUT2D eigenvalue weighted by Crippen LogP contribution is 2.17. The van der Waals surface area contributed by atoms with E-state index >= 15 is 0 Å². The third kappa shape index (κ3) is 3.40. The lowest BCUT2D eigenvalue weighted by atomic mass is 10.2. The van der Waals surface area contributed by atoms with E-state index in [0.29, 0.717) is 5.89 Å². The Labute approximate surface area is 101 Å². The molecular weight excluding hydrogens is 244 g/mol. The van der Waals surface area contributed by atoms with Crippen LogP contribution >= 0.6 is 0 Å². The Kier molecular flexibility index (Phi) is 3.78. The first-order valence-corrected chi connectivity index (χ1v) is 7.05. The van der Waals surface area contributed by atoms with Crippen molar-refractivity contribution in [2.24, 2.45) is 5.73 Å². The van der Waals surface area contributed by atoms with Crippen molar-refractivity contribution in [3.63, 3.8) is 0 Å². The van der Waals surface area contributed by atoms with Crippen LogP contribution in [0.5, 0.6) is 0 Å². The van der Waals surface area contributed by atoms with Gasteiger partial charge in [-0.3, -0.25) is 0 Å². The smallest absolute Gasteiger partial charge is 0.315 e. The summed E-state index contributed by atoms with van der Waals surface area (Å²) in [4.78, 5) is 0. The highest BCUT2D eigenvalue weighted by molar-refractivity contribution is 7.92. The van der Waals surface area contributed by atoms with E-state index < -0.39 is 14.6 Å². The van der Waals surface area contributed by atoms with Crippen molar-refractivity contribution in [1.29, 1.82) is 0 Å². The molecule has 0 bridgehead atoms.